The SMILES string of the molecule is Oc1cc2cc[nH]c2cc1-c1cc(Cl)c(Cl)cc1Cl. The Bertz CT molecular complexity index is 780. The Labute approximate surface area is 124 Å². The molecule has 19 heavy (non-hydrogen) atoms. The Morgan fingerprint density at radius 2 is 1.58 bits per heavy atom. The fraction of sp³-hybridized carbons (Fsp3) is 0. The lowest BCUT2D eigenvalue weighted by Gasteiger charge is -2.09. The molecule has 3 aromatic rings. The van der Waals surface area contributed by atoms with E-state index >= 15 is 0 Å². The molecule has 2 nitrogen and oxygen atoms in total. The molecule has 0 fully saturated rings. The first-order chi connectivity index (χ1) is 9.06. The standard InChI is InChI=1S/C14H8Cl3NO/c15-10-6-12(17)11(16)4-8(10)9-5-13-7(1-2-18-13)3-14(9)19/h1-6,18-19H. The summed E-state index contributed by atoms with van der Waals surface area (Å²) in [5.74, 6) is 0.146. The number of phenolic OH excluding ortho intramolecular Hbond substituents is 1. The van der Waals surface area contributed by atoms with Crippen molar-refractivity contribution in [3.8, 4) is 16.9 Å². The molecule has 0 bridgehead atoms. The Kier molecular flexibility index (Phi) is 3.09. The summed E-state index contributed by atoms with van der Waals surface area (Å²) >= 11 is 18.1. The molecule has 1 aromatic heterocycles. The van der Waals surface area contributed by atoms with Gasteiger partial charge in [-0.15, -0.1) is 0 Å². The molecule has 2 N–H and O–H groups in total. The number of benzene rings is 2. The smallest absolute Gasteiger partial charge is 0.124 e. The van der Waals surface area contributed by atoms with Gasteiger partial charge in [-0.25, -0.2) is 0 Å². The minimum atomic E-state index is 0.146. The van der Waals surface area contributed by atoms with Crippen LogP contribution in [0.2, 0.25) is 15.1 Å². The Balaban J connectivity index is 2.29. The quantitative estimate of drug-likeness (QED) is 0.572. The molecule has 0 radical (unpaired) electrons. The number of hydrogen-bond acceptors (Lipinski definition) is 1. The van der Waals surface area contributed by atoms with E-state index in [1.807, 2.05) is 18.3 Å². The molecule has 96 valence electrons. The van der Waals surface area contributed by atoms with Crippen molar-refractivity contribution in [2.45, 2.75) is 0 Å². The minimum Gasteiger partial charge on any atom is -0.507 e. The highest BCUT2D eigenvalue weighted by molar-refractivity contribution is 6.44. The van der Waals surface area contributed by atoms with Gasteiger partial charge in [-0.1, -0.05) is 34.8 Å². The highest BCUT2D eigenvalue weighted by Gasteiger charge is 2.13. The van der Waals surface area contributed by atoms with Crippen LogP contribution in [0.5, 0.6) is 5.75 Å². The Hall–Kier alpha value is -1.35. The summed E-state index contributed by atoms with van der Waals surface area (Å²) in [5.41, 5.74) is 2.17. The van der Waals surface area contributed by atoms with Gasteiger partial charge in [0.2, 0.25) is 0 Å². The molecule has 0 spiro atoms. The number of nitrogens with one attached hydrogen (secondary N) is 1. The van der Waals surface area contributed by atoms with Gasteiger partial charge >= 0.3 is 0 Å². The molecule has 0 unspecified atom stereocenters. The molecule has 0 aliphatic carbocycles. The van der Waals surface area contributed by atoms with E-state index < -0.39 is 0 Å². The van der Waals surface area contributed by atoms with Crippen molar-refractivity contribution in [2.24, 2.45) is 0 Å². The number of H-pyrrole nitrogens is 1. The summed E-state index contributed by atoms with van der Waals surface area (Å²) in [4.78, 5) is 3.09. The van der Waals surface area contributed by atoms with Gasteiger partial charge < -0.3 is 10.1 Å². The maximum atomic E-state index is 10.1. The van der Waals surface area contributed by atoms with Crippen LogP contribution in [0.3, 0.4) is 0 Å². The molecule has 0 saturated carbocycles. The van der Waals surface area contributed by atoms with Gasteiger partial charge in [-0.05, 0) is 30.3 Å². The van der Waals surface area contributed by atoms with E-state index in [2.05, 4.69) is 4.98 Å². The van der Waals surface area contributed by atoms with Crippen LogP contribution in [0, 0.1) is 0 Å². The molecule has 0 amide bonds. The second kappa shape index (κ2) is 4.64. The molecular weight excluding hydrogens is 305 g/mol. The fourth-order valence-electron chi connectivity index (χ4n) is 2.03. The summed E-state index contributed by atoms with van der Waals surface area (Å²) in [5, 5.41) is 12.3. The average Bonchev–Trinajstić information content (AvgIpc) is 2.80. The fourth-order valence-corrected chi connectivity index (χ4v) is 2.68. The molecule has 0 aliphatic heterocycles. The summed E-state index contributed by atoms with van der Waals surface area (Å²) in [6.45, 7) is 0. The van der Waals surface area contributed by atoms with Crippen LogP contribution in [0.1, 0.15) is 0 Å². The lowest BCUT2D eigenvalue weighted by Crippen LogP contribution is -1.83. The summed E-state index contributed by atoms with van der Waals surface area (Å²) in [6, 6.07) is 8.61. The Morgan fingerprint density at radius 1 is 0.842 bits per heavy atom. The third-order valence-corrected chi connectivity index (χ3v) is 4.00. The van der Waals surface area contributed by atoms with Crippen LogP contribution < -0.4 is 0 Å². The third-order valence-electron chi connectivity index (χ3n) is 2.97. The molecule has 1 heterocycles. The van der Waals surface area contributed by atoms with Gasteiger partial charge in [0.1, 0.15) is 5.75 Å². The first-order valence-electron chi connectivity index (χ1n) is 5.51. The van der Waals surface area contributed by atoms with Gasteiger partial charge in [-0.2, -0.15) is 0 Å². The summed E-state index contributed by atoms with van der Waals surface area (Å²) in [7, 11) is 0. The monoisotopic (exact) mass is 311 g/mol. The maximum absolute atomic E-state index is 10.1. The number of halogens is 3. The van der Waals surface area contributed by atoms with Gasteiger partial charge in [-0.3, -0.25) is 0 Å². The third kappa shape index (κ3) is 2.16. The molecule has 3 rings (SSSR count). The van der Waals surface area contributed by atoms with E-state index in [0.717, 1.165) is 10.9 Å². The van der Waals surface area contributed by atoms with Crippen molar-refractivity contribution < 1.29 is 5.11 Å². The summed E-state index contributed by atoms with van der Waals surface area (Å²) in [6.07, 6.45) is 1.81. The Morgan fingerprint density at radius 3 is 2.37 bits per heavy atom. The molecule has 5 heteroatoms. The van der Waals surface area contributed by atoms with E-state index in [-0.39, 0.29) is 5.75 Å². The van der Waals surface area contributed by atoms with Gasteiger partial charge in [0.05, 0.1) is 15.1 Å². The van der Waals surface area contributed by atoms with Crippen LogP contribution in [-0.2, 0) is 0 Å². The van der Waals surface area contributed by atoms with Gasteiger partial charge in [0.25, 0.3) is 0 Å². The number of phenols is 1. The van der Waals surface area contributed by atoms with Crippen molar-refractivity contribution in [2.75, 3.05) is 0 Å². The zero-order chi connectivity index (χ0) is 13.6. The number of hydrogen-bond donors (Lipinski definition) is 2. The normalized spacial score (nSPS) is 11.1. The second-order valence-electron chi connectivity index (χ2n) is 4.18. The second-order valence-corrected chi connectivity index (χ2v) is 5.40. The molecular formula is C14H8Cl3NO. The van der Waals surface area contributed by atoms with E-state index in [1.54, 1.807) is 18.2 Å². The molecule has 0 saturated heterocycles. The van der Waals surface area contributed by atoms with Crippen molar-refractivity contribution >= 4 is 45.7 Å². The average molecular weight is 313 g/mol. The zero-order valence-corrected chi connectivity index (χ0v) is 11.8. The maximum Gasteiger partial charge on any atom is 0.124 e. The van der Waals surface area contributed by atoms with Crippen LogP contribution in [0.25, 0.3) is 22.0 Å². The number of fused-ring (bicyclic) bond motifs is 1. The minimum absolute atomic E-state index is 0.146. The van der Waals surface area contributed by atoms with Crippen LogP contribution in [0.4, 0.5) is 0 Å². The lowest BCUT2D eigenvalue weighted by molar-refractivity contribution is 0.478. The van der Waals surface area contributed by atoms with E-state index in [4.69, 9.17) is 34.8 Å². The van der Waals surface area contributed by atoms with E-state index in [9.17, 15) is 5.11 Å². The predicted molar refractivity (Wildman–Crippen MR) is 80.4 cm³/mol. The van der Waals surface area contributed by atoms with Crippen LogP contribution in [0.15, 0.2) is 36.5 Å². The zero-order valence-electron chi connectivity index (χ0n) is 9.55. The highest BCUT2D eigenvalue weighted by atomic mass is 35.5. The van der Waals surface area contributed by atoms with Gasteiger partial charge in [0, 0.05) is 28.2 Å². The molecule has 0 aliphatic rings. The first-order valence-corrected chi connectivity index (χ1v) is 6.64. The predicted octanol–water partition coefficient (Wildman–Crippen LogP) is 5.50. The van der Waals surface area contributed by atoms with Crippen molar-refractivity contribution in [1.82, 2.24) is 4.98 Å². The number of aromatic amines is 1. The first kappa shape index (κ1) is 12.7. The lowest BCUT2D eigenvalue weighted by atomic mass is 10.0. The van der Waals surface area contributed by atoms with Crippen molar-refractivity contribution in [3.05, 3.63) is 51.6 Å². The number of rotatable bonds is 1. The van der Waals surface area contributed by atoms with Crippen LogP contribution in [-0.4, -0.2) is 10.1 Å². The molecule has 0 atom stereocenters. The van der Waals surface area contributed by atoms with Crippen molar-refractivity contribution in [3.63, 3.8) is 0 Å². The largest absolute Gasteiger partial charge is 0.507 e. The van der Waals surface area contributed by atoms with Crippen molar-refractivity contribution in [1.29, 1.82) is 0 Å². The van der Waals surface area contributed by atoms with Crippen LogP contribution >= 0.6 is 34.8 Å². The number of aromatic nitrogens is 1. The summed E-state index contributed by atoms with van der Waals surface area (Å²) < 4.78 is 0. The van der Waals surface area contributed by atoms with E-state index in [1.165, 1.54) is 0 Å². The number of aromatic hydroxyl groups is 1. The topological polar surface area (TPSA) is 36.0 Å². The highest BCUT2D eigenvalue weighted by Crippen LogP contribution is 2.40. The van der Waals surface area contributed by atoms with Gasteiger partial charge in [0.15, 0.2) is 0 Å². The van der Waals surface area contributed by atoms with E-state index in [0.29, 0.717) is 26.2 Å². The molecule has 2 aromatic carbocycles.